The summed E-state index contributed by atoms with van der Waals surface area (Å²) in [5.41, 5.74) is 12.4. The molecule has 0 atom stereocenters. The highest BCUT2D eigenvalue weighted by molar-refractivity contribution is 7.92. The van der Waals surface area contributed by atoms with Crippen molar-refractivity contribution in [3.05, 3.63) is 169 Å². The monoisotopic (exact) mass is 862 g/mol. The first kappa shape index (κ1) is 46.6. The standard InChI is InChI=1S/C23H22N2O4S.C12H11N.C11H13NO5S/c1-17(26)19-11-8-12-20(15-19)25(30(2,28)29)16-23(27)24-22-14-7-6-13-21(22)18-9-4-3-5-10-18;13-12-9-5-4-8-11(12)10-6-2-1-3-7-10;1-8(13)9-4-3-5-10(6-9)12(7-11(14)15)18(2,16)17/h3-15H,16H2,1-2H3,(H,24,27);1-9H,13H2;3-6H,7H2,1-2H3,(H,14,15). The van der Waals surface area contributed by atoms with E-state index >= 15 is 0 Å². The Morgan fingerprint density at radius 1 is 0.541 bits per heavy atom. The molecule has 4 N–H and O–H groups in total. The first-order chi connectivity index (χ1) is 28.8. The SMILES string of the molecule is CC(=O)c1cccc(N(CC(=O)Nc2ccccc2-c2ccccc2)S(C)(=O)=O)c1.CC(=O)c1cccc(N(CC(=O)O)S(C)(=O)=O)c1.Nc1ccccc1-c1ccccc1. The second kappa shape index (κ2) is 21.2. The molecule has 0 bridgehead atoms. The molecule has 1 amide bonds. The second-order valence-electron chi connectivity index (χ2n) is 13.6. The number of benzene rings is 6. The van der Waals surface area contributed by atoms with Crippen LogP contribution in [0.1, 0.15) is 34.6 Å². The summed E-state index contributed by atoms with van der Waals surface area (Å²) < 4.78 is 49.5. The molecule has 0 radical (unpaired) electrons. The number of carbonyl (C=O) groups excluding carboxylic acids is 3. The smallest absolute Gasteiger partial charge is 0.324 e. The van der Waals surface area contributed by atoms with E-state index in [2.05, 4.69) is 17.4 Å². The minimum atomic E-state index is -3.75. The van der Waals surface area contributed by atoms with Crippen molar-refractivity contribution in [2.75, 3.05) is 45.3 Å². The van der Waals surface area contributed by atoms with Gasteiger partial charge in [0.1, 0.15) is 13.1 Å². The number of nitrogens with two attached hydrogens (primary N) is 1. The third kappa shape index (κ3) is 14.0. The van der Waals surface area contributed by atoms with Crippen molar-refractivity contribution in [1.82, 2.24) is 0 Å². The maximum atomic E-state index is 12.8. The molecule has 0 saturated heterocycles. The van der Waals surface area contributed by atoms with Gasteiger partial charge in [-0.05, 0) is 61.4 Å². The molecule has 0 aliphatic carbocycles. The molecule has 0 aromatic heterocycles. The van der Waals surface area contributed by atoms with Crippen LogP contribution in [0.2, 0.25) is 0 Å². The van der Waals surface area contributed by atoms with Crippen LogP contribution in [0.3, 0.4) is 0 Å². The molecule has 316 valence electrons. The van der Waals surface area contributed by atoms with Crippen LogP contribution in [0.4, 0.5) is 22.7 Å². The number of nitrogens with zero attached hydrogens (tertiary/aromatic N) is 2. The van der Waals surface area contributed by atoms with E-state index in [0.29, 0.717) is 16.8 Å². The van der Waals surface area contributed by atoms with E-state index in [1.807, 2.05) is 84.9 Å². The fourth-order valence-electron chi connectivity index (χ4n) is 5.84. The lowest BCUT2D eigenvalue weighted by Gasteiger charge is -2.22. The zero-order valence-electron chi connectivity index (χ0n) is 33.9. The molecular weight excluding hydrogens is 817 g/mol. The summed E-state index contributed by atoms with van der Waals surface area (Å²) in [6.45, 7) is 1.65. The predicted octanol–water partition coefficient (Wildman–Crippen LogP) is 7.64. The molecule has 6 aromatic carbocycles. The Labute approximate surface area is 356 Å². The first-order valence-corrected chi connectivity index (χ1v) is 22.3. The molecule has 0 heterocycles. The molecule has 0 aliphatic heterocycles. The zero-order valence-corrected chi connectivity index (χ0v) is 35.6. The van der Waals surface area contributed by atoms with Crippen molar-refractivity contribution in [3.63, 3.8) is 0 Å². The molecule has 0 aliphatic rings. The van der Waals surface area contributed by atoms with Gasteiger partial charge in [0, 0.05) is 33.6 Å². The van der Waals surface area contributed by atoms with E-state index in [0.717, 1.165) is 43.5 Å². The molecule has 0 spiro atoms. The van der Waals surface area contributed by atoms with Crippen LogP contribution in [-0.4, -0.2) is 71.0 Å². The Hall–Kier alpha value is -7.10. The highest BCUT2D eigenvalue weighted by atomic mass is 32.2. The number of rotatable bonds is 13. The van der Waals surface area contributed by atoms with Gasteiger partial charge in [0.05, 0.1) is 23.9 Å². The molecule has 0 unspecified atom stereocenters. The second-order valence-corrected chi connectivity index (χ2v) is 17.4. The summed E-state index contributed by atoms with van der Waals surface area (Å²) >= 11 is 0. The van der Waals surface area contributed by atoms with Crippen molar-refractivity contribution in [2.24, 2.45) is 0 Å². The van der Waals surface area contributed by atoms with Crippen LogP contribution in [0.15, 0.2) is 158 Å². The van der Waals surface area contributed by atoms with E-state index in [-0.39, 0.29) is 22.9 Å². The number of nitrogen functional groups attached to an aromatic ring is 1. The molecule has 6 rings (SSSR count). The van der Waals surface area contributed by atoms with Gasteiger partial charge in [0.25, 0.3) is 0 Å². The Balaban J connectivity index is 0.000000223. The quantitative estimate of drug-likeness (QED) is 0.0766. The van der Waals surface area contributed by atoms with Gasteiger partial charge in [0.2, 0.25) is 26.0 Å². The number of hydrogen-bond acceptors (Lipinski definition) is 9. The molecule has 15 heteroatoms. The predicted molar refractivity (Wildman–Crippen MR) is 242 cm³/mol. The van der Waals surface area contributed by atoms with Crippen LogP contribution in [0.25, 0.3) is 22.3 Å². The fourth-order valence-corrected chi connectivity index (χ4v) is 7.53. The third-order valence-electron chi connectivity index (χ3n) is 8.78. The van der Waals surface area contributed by atoms with Crippen molar-refractivity contribution in [1.29, 1.82) is 0 Å². The van der Waals surface area contributed by atoms with Crippen molar-refractivity contribution in [3.8, 4) is 22.3 Å². The highest BCUT2D eigenvalue weighted by Gasteiger charge is 2.23. The number of para-hydroxylation sites is 2. The molecule has 0 fully saturated rings. The average molecular weight is 863 g/mol. The number of carbonyl (C=O) groups is 4. The Bertz CT molecular complexity index is 2710. The summed E-state index contributed by atoms with van der Waals surface area (Å²) in [6, 6.07) is 47.0. The van der Waals surface area contributed by atoms with Crippen LogP contribution in [0.5, 0.6) is 0 Å². The first-order valence-electron chi connectivity index (χ1n) is 18.6. The summed E-state index contributed by atoms with van der Waals surface area (Å²) in [4.78, 5) is 46.3. The van der Waals surface area contributed by atoms with Crippen molar-refractivity contribution in [2.45, 2.75) is 13.8 Å². The Kier molecular flexibility index (Phi) is 16.2. The van der Waals surface area contributed by atoms with Gasteiger partial charge in [0.15, 0.2) is 11.6 Å². The summed E-state index contributed by atoms with van der Waals surface area (Å²) in [7, 11) is -7.46. The van der Waals surface area contributed by atoms with Crippen LogP contribution in [-0.2, 0) is 29.6 Å². The molecule has 13 nitrogen and oxygen atoms in total. The van der Waals surface area contributed by atoms with E-state index in [9.17, 15) is 36.0 Å². The van der Waals surface area contributed by atoms with Gasteiger partial charge >= 0.3 is 5.97 Å². The topological polar surface area (TPSA) is 201 Å². The van der Waals surface area contributed by atoms with Gasteiger partial charge in [-0.1, -0.05) is 121 Å². The molecule has 0 saturated carbocycles. The van der Waals surface area contributed by atoms with Crippen LogP contribution >= 0.6 is 0 Å². The van der Waals surface area contributed by atoms with Crippen LogP contribution < -0.4 is 19.7 Å². The number of sulfonamides is 2. The number of hydrogen-bond donors (Lipinski definition) is 3. The lowest BCUT2D eigenvalue weighted by molar-refractivity contribution is -0.135. The van der Waals surface area contributed by atoms with E-state index in [4.69, 9.17) is 10.8 Å². The summed E-state index contributed by atoms with van der Waals surface area (Å²) in [5, 5.41) is 11.5. The maximum absolute atomic E-state index is 12.8. The Morgan fingerprint density at radius 2 is 0.951 bits per heavy atom. The van der Waals surface area contributed by atoms with E-state index in [1.165, 1.54) is 49.7 Å². The lowest BCUT2D eigenvalue weighted by atomic mass is 10.0. The number of carboxylic acids is 1. The molecule has 61 heavy (non-hydrogen) atoms. The third-order valence-corrected chi connectivity index (χ3v) is 11.1. The van der Waals surface area contributed by atoms with Crippen LogP contribution in [0, 0.1) is 0 Å². The number of amides is 1. The molecular formula is C46H46N4O9S2. The molecule has 6 aromatic rings. The van der Waals surface area contributed by atoms with Gasteiger partial charge < -0.3 is 16.2 Å². The van der Waals surface area contributed by atoms with Crippen molar-refractivity contribution >= 4 is 66.2 Å². The van der Waals surface area contributed by atoms with E-state index in [1.54, 1.807) is 30.3 Å². The largest absolute Gasteiger partial charge is 0.480 e. The van der Waals surface area contributed by atoms with Crippen molar-refractivity contribution < 1.29 is 41.1 Å². The van der Waals surface area contributed by atoms with Gasteiger partial charge in [-0.3, -0.25) is 27.8 Å². The fraction of sp³-hybridized carbons (Fsp3) is 0.130. The number of Topliss-reactive ketones (excluding diaryl/α,β-unsaturated/α-hetero) is 2. The number of aliphatic carboxylic acids is 1. The van der Waals surface area contributed by atoms with E-state index < -0.39 is 45.0 Å². The number of ketones is 2. The Morgan fingerprint density at radius 3 is 1.39 bits per heavy atom. The van der Waals surface area contributed by atoms with Gasteiger partial charge in [-0.15, -0.1) is 0 Å². The van der Waals surface area contributed by atoms with Gasteiger partial charge in [-0.25, -0.2) is 16.8 Å². The number of carboxylic acid groups (broad SMARTS) is 1. The normalized spacial score (nSPS) is 10.8. The lowest BCUT2D eigenvalue weighted by Crippen LogP contribution is -2.37. The maximum Gasteiger partial charge on any atom is 0.324 e. The average Bonchev–Trinajstić information content (AvgIpc) is 3.22. The summed E-state index contributed by atoms with van der Waals surface area (Å²) in [6.07, 6.45) is 1.94. The number of anilines is 4. The zero-order chi connectivity index (χ0) is 44.7. The summed E-state index contributed by atoms with van der Waals surface area (Å²) in [5.74, 6) is -2.17. The highest BCUT2D eigenvalue weighted by Crippen LogP contribution is 2.28. The van der Waals surface area contributed by atoms with Gasteiger partial charge in [-0.2, -0.15) is 0 Å². The minimum absolute atomic E-state index is 0.160. The number of nitrogens with one attached hydrogen (secondary N) is 1. The minimum Gasteiger partial charge on any atom is -0.480 e.